The Morgan fingerprint density at radius 3 is 3.20 bits per heavy atom. The molecule has 5 nitrogen and oxygen atoms in total. The summed E-state index contributed by atoms with van der Waals surface area (Å²) in [5.41, 5.74) is 5.91. The van der Waals surface area contributed by atoms with Gasteiger partial charge in [0.2, 0.25) is 6.39 Å². The number of rotatable bonds is 3. The molecule has 84 valence electrons. The third-order valence-corrected chi connectivity index (χ3v) is 3.08. The van der Waals surface area contributed by atoms with E-state index in [1.807, 2.05) is 0 Å². The zero-order valence-electron chi connectivity index (χ0n) is 9.09. The standard InChI is InChI=1S/C10H18N4O/c1-8-6-9(11)2-4-14(8)5-3-10-12-7-15-13-10/h7-9H,2-6,11H2,1H3. The topological polar surface area (TPSA) is 68.2 Å². The summed E-state index contributed by atoms with van der Waals surface area (Å²) in [5, 5.41) is 3.80. The zero-order chi connectivity index (χ0) is 10.7. The van der Waals surface area contributed by atoms with Crippen molar-refractivity contribution in [1.82, 2.24) is 15.0 Å². The van der Waals surface area contributed by atoms with Gasteiger partial charge in [0, 0.05) is 25.0 Å². The SMILES string of the molecule is CC1CC(N)CCN1CCc1ncon1. The fraction of sp³-hybridized carbons (Fsp3) is 0.800. The van der Waals surface area contributed by atoms with E-state index in [1.165, 1.54) is 6.39 Å². The number of piperidine rings is 1. The molecule has 1 aliphatic rings. The molecule has 0 amide bonds. The molecule has 1 aromatic rings. The van der Waals surface area contributed by atoms with Crippen molar-refractivity contribution in [2.75, 3.05) is 13.1 Å². The van der Waals surface area contributed by atoms with Gasteiger partial charge in [0.15, 0.2) is 5.82 Å². The molecule has 2 rings (SSSR count). The van der Waals surface area contributed by atoms with E-state index in [2.05, 4.69) is 22.0 Å². The van der Waals surface area contributed by atoms with Gasteiger partial charge in [-0.05, 0) is 26.3 Å². The summed E-state index contributed by atoms with van der Waals surface area (Å²) in [4.78, 5) is 6.46. The number of aromatic nitrogens is 2. The van der Waals surface area contributed by atoms with Crippen LogP contribution in [0.2, 0.25) is 0 Å². The summed E-state index contributed by atoms with van der Waals surface area (Å²) < 4.78 is 4.70. The minimum atomic E-state index is 0.376. The summed E-state index contributed by atoms with van der Waals surface area (Å²) in [6, 6.07) is 0.946. The number of hydrogen-bond acceptors (Lipinski definition) is 5. The van der Waals surface area contributed by atoms with Gasteiger partial charge in [-0.1, -0.05) is 5.16 Å². The van der Waals surface area contributed by atoms with Crippen molar-refractivity contribution in [3.8, 4) is 0 Å². The predicted molar refractivity (Wildman–Crippen MR) is 56.2 cm³/mol. The van der Waals surface area contributed by atoms with Crippen molar-refractivity contribution >= 4 is 0 Å². The molecule has 2 heterocycles. The molecule has 0 bridgehead atoms. The third-order valence-electron chi connectivity index (χ3n) is 3.08. The highest BCUT2D eigenvalue weighted by molar-refractivity contribution is 4.85. The van der Waals surface area contributed by atoms with Crippen LogP contribution in [0.5, 0.6) is 0 Å². The maximum absolute atomic E-state index is 5.91. The van der Waals surface area contributed by atoms with Crippen LogP contribution in [0.4, 0.5) is 0 Å². The summed E-state index contributed by atoms with van der Waals surface area (Å²) in [6.45, 7) is 4.31. The first-order chi connectivity index (χ1) is 7.25. The Kier molecular flexibility index (Phi) is 3.33. The zero-order valence-corrected chi connectivity index (χ0v) is 9.09. The second-order valence-electron chi connectivity index (χ2n) is 4.27. The minimum Gasteiger partial charge on any atom is -0.343 e. The largest absolute Gasteiger partial charge is 0.343 e. The van der Waals surface area contributed by atoms with Crippen LogP contribution in [0.15, 0.2) is 10.9 Å². The lowest BCUT2D eigenvalue weighted by Crippen LogP contribution is -2.46. The van der Waals surface area contributed by atoms with E-state index in [4.69, 9.17) is 10.3 Å². The van der Waals surface area contributed by atoms with Gasteiger partial charge < -0.3 is 15.2 Å². The first-order valence-electron chi connectivity index (χ1n) is 5.50. The quantitative estimate of drug-likeness (QED) is 0.783. The molecule has 2 N–H and O–H groups in total. The van der Waals surface area contributed by atoms with Gasteiger partial charge in [0.05, 0.1) is 0 Å². The molecule has 0 spiro atoms. The number of nitrogens with two attached hydrogens (primary N) is 1. The molecular formula is C10H18N4O. The summed E-state index contributed by atoms with van der Waals surface area (Å²) in [6.07, 6.45) is 4.42. The lowest BCUT2D eigenvalue weighted by atomic mass is 9.99. The molecule has 0 saturated carbocycles. The van der Waals surface area contributed by atoms with Crippen LogP contribution in [0.25, 0.3) is 0 Å². The average Bonchev–Trinajstić information content (AvgIpc) is 2.69. The van der Waals surface area contributed by atoms with E-state index < -0.39 is 0 Å². The number of hydrogen-bond donors (Lipinski definition) is 1. The van der Waals surface area contributed by atoms with E-state index >= 15 is 0 Å². The van der Waals surface area contributed by atoms with Crippen LogP contribution >= 0.6 is 0 Å². The van der Waals surface area contributed by atoms with Crippen molar-refractivity contribution in [1.29, 1.82) is 0 Å². The van der Waals surface area contributed by atoms with Crippen LogP contribution in [0.1, 0.15) is 25.6 Å². The molecule has 1 fully saturated rings. The molecule has 2 unspecified atom stereocenters. The van der Waals surface area contributed by atoms with Crippen LogP contribution in [-0.2, 0) is 6.42 Å². The van der Waals surface area contributed by atoms with Gasteiger partial charge in [-0.3, -0.25) is 0 Å². The molecule has 1 saturated heterocycles. The highest BCUT2D eigenvalue weighted by atomic mass is 16.5. The maximum atomic E-state index is 5.91. The normalized spacial score (nSPS) is 28.1. The summed E-state index contributed by atoms with van der Waals surface area (Å²) in [7, 11) is 0. The van der Waals surface area contributed by atoms with Gasteiger partial charge in [-0.15, -0.1) is 0 Å². The molecular weight excluding hydrogens is 192 g/mol. The predicted octanol–water partition coefficient (Wildman–Crippen LogP) is 0.424. The van der Waals surface area contributed by atoms with Crippen LogP contribution in [0.3, 0.4) is 0 Å². The Morgan fingerprint density at radius 2 is 2.53 bits per heavy atom. The van der Waals surface area contributed by atoms with Crippen molar-refractivity contribution in [3.05, 3.63) is 12.2 Å². The number of likely N-dealkylation sites (tertiary alicyclic amines) is 1. The Hall–Kier alpha value is -0.940. The van der Waals surface area contributed by atoms with Gasteiger partial charge in [-0.2, -0.15) is 4.98 Å². The van der Waals surface area contributed by atoms with Crippen molar-refractivity contribution in [3.63, 3.8) is 0 Å². The summed E-state index contributed by atoms with van der Waals surface area (Å²) in [5.74, 6) is 0.789. The van der Waals surface area contributed by atoms with Crippen LogP contribution < -0.4 is 5.73 Å². The first kappa shape index (κ1) is 10.6. The number of nitrogens with zero attached hydrogens (tertiary/aromatic N) is 3. The molecule has 1 aromatic heterocycles. The molecule has 15 heavy (non-hydrogen) atoms. The molecule has 5 heteroatoms. The second kappa shape index (κ2) is 4.72. The van der Waals surface area contributed by atoms with Crippen molar-refractivity contribution in [2.24, 2.45) is 5.73 Å². The Morgan fingerprint density at radius 1 is 1.67 bits per heavy atom. The van der Waals surface area contributed by atoms with E-state index in [-0.39, 0.29) is 0 Å². The fourth-order valence-corrected chi connectivity index (χ4v) is 2.14. The Bertz CT molecular complexity index is 288. The molecule has 0 aromatic carbocycles. The lowest BCUT2D eigenvalue weighted by molar-refractivity contribution is 0.148. The van der Waals surface area contributed by atoms with Crippen LogP contribution in [-0.4, -0.2) is 40.2 Å². The molecule has 2 atom stereocenters. The van der Waals surface area contributed by atoms with Crippen molar-refractivity contribution in [2.45, 2.75) is 38.3 Å². The molecule has 0 radical (unpaired) electrons. The average molecular weight is 210 g/mol. The lowest BCUT2D eigenvalue weighted by Gasteiger charge is -2.36. The Labute approximate surface area is 89.6 Å². The monoisotopic (exact) mass is 210 g/mol. The van der Waals surface area contributed by atoms with E-state index in [0.717, 1.165) is 38.2 Å². The van der Waals surface area contributed by atoms with Gasteiger partial charge in [-0.25, -0.2) is 0 Å². The van der Waals surface area contributed by atoms with Crippen molar-refractivity contribution < 1.29 is 4.52 Å². The third kappa shape index (κ3) is 2.76. The Balaban J connectivity index is 1.79. The van der Waals surface area contributed by atoms with E-state index in [1.54, 1.807) is 0 Å². The summed E-state index contributed by atoms with van der Waals surface area (Å²) >= 11 is 0. The first-order valence-corrected chi connectivity index (χ1v) is 5.50. The van der Waals surface area contributed by atoms with E-state index in [9.17, 15) is 0 Å². The fourth-order valence-electron chi connectivity index (χ4n) is 2.14. The van der Waals surface area contributed by atoms with Gasteiger partial charge in [0.1, 0.15) is 0 Å². The minimum absolute atomic E-state index is 0.376. The highest BCUT2D eigenvalue weighted by Gasteiger charge is 2.22. The maximum Gasteiger partial charge on any atom is 0.213 e. The molecule has 0 aliphatic carbocycles. The van der Waals surface area contributed by atoms with E-state index in [0.29, 0.717) is 12.1 Å². The molecule has 1 aliphatic heterocycles. The van der Waals surface area contributed by atoms with Crippen LogP contribution in [0, 0.1) is 0 Å². The van der Waals surface area contributed by atoms with Gasteiger partial charge in [0.25, 0.3) is 0 Å². The highest BCUT2D eigenvalue weighted by Crippen LogP contribution is 2.15. The van der Waals surface area contributed by atoms with Gasteiger partial charge >= 0.3 is 0 Å². The second-order valence-corrected chi connectivity index (χ2v) is 4.27. The smallest absolute Gasteiger partial charge is 0.213 e.